The maximum Gasteiger partial charge on any atom is 0.141 e. The Bertz CT molecular complexity index is 177. The lowest BCUT2D eigenvalue weighted by Crippen LogP contribution is -2.58. The summed E-state index contributed by atoms with van der Waals surface area (Å²) in [6, 6.07) is 0. The summed E-state index contributed by atoms with van der Waals surface area (Å²) in [7, 11) is 1.18. The monoisotopic (exact) mass is 196 g/mol. The van der Waals surface area contributed by atoms with Crippen molar-refractivity contribution in [3.63, 3.8) is 0 Å². The van der Waals surface area contributed by atoms with Gasteiger partial charge in [0, 0.05) is 0 Å². The molecule has 0 aliphatic carbocycles. The summed E-state index contributed by atoms with van der Waals surface area (Å²) in [6.45, 7) is 0.369. The first-order chi connectivity index (χ1) is 6.25. The van der Waals surface area contributed by atoms with Crippen LogP contribution in [-0.2, 0) is 0 Å². The molecule has 0 fully saturated rings. The van der Waals surface area contributed by atoms with Gasteiger partial charge in [0.15, 0.2) is 0 Å². The Hall–Kier alpha value is -0.240. The van der Waals surface area contributed by atoms with E-state index in [4.69, 9.17) is 11.6 Å². The van der Waals surface area contributed by atoms with Gasteiger partial charge in [0.05, 0.1) is 6.61 Å². The molecule has 13 heavy (non-hydrogen) atoms. The molecule has 6 heteroatoms. The van der Waals surface area contributed by atoms with Crippen LogP contribution in [0.25, 0.3) is 0 Å². The molecule has 0 rings (SSSR count). The summed E-state index contributed by atoms with van der Waals surface area (Å²) in [5.41, 5.74) is -2.00. The molecule has 0 aromatic heterocycles. The highest BCUT2D eigenvalue weighted by Gasteiger charge is 2.37. The summed E-state index contributed by atoms with van der Waals surface area (Å²) in [6.07, 6.45) is -5.04. The minimum absolute atomic E-state index is 0.547. The first kappa shape index (κ1) is 10.8. The first-order valence-electron chi connectivity index (χ1n) is 4.30. The van der Waals surface area contributed by atoms with Gasteiger partial charge >= 0.3 is 0 Å². The summed E-state index contributed by atoms with van der Waals surface area (Å²) < 4.78 is 7.07. The Morgan fingerprint density at radius 1 is 1.46 bits per heavy atom. The van der Waals surface area contributed by atoms with Crippen LogP contribution in [0.3, 0.4) is 0 Å². The van der Waals surface area contributed by atoms with Crippen LogP contribution in [-0.4, -0.2) is 63.2 Å². The molecule has 4 atom stereocenters. The number of aliphatic hydroxyl groups excluding tert-OH is 4. The maximum atomic E-state index is 9.51. The van der Waals surface area contributed by atoms with E-state index in [9.17, 15) is 15.3 Å². The summed E-state index contributed by atoms with van der Waals surface area (Å²) in [4.78, 5) is 0. The van der Waals surface area contributed by atoms with Crippen LogP contribution in [0.15, 0.2) is 0 Å². The van der Waals surface area contributed by atoms with Crippen LogP contribution in [0.2, 0.25) is 1.41 Å². The van der Waals surface area contributed by atoms with Gasteiger partial charge in [0.2, 0.25) is 0 Å². The number of nitrogens with one attached hydrogen (secondary N) is 1. The van der Waals surface area contributed by atoms with Crippen molar-refractivity contribution in [1.82, 2.24) is 5.31 Å². The molecule has 6 nitrogen and oxygen atoms in total. The van der Waals surface area contributed by atoms with Gasteiger partial charge in [-0.2, -0.15) is 0 Å². The van der Waals surface area contributed by atoms with Gasteiger partial charge in [-0.15, -0.1) is 0 Å². The highest BCUT2D eigenvalue weighted by Crippen LogP contribution is 2.11. The molecule has 0 amide bonds. The van der Waals surface area contributed by atoms with Crippen LogP contribution in [0, 0.1) is 0 Å². The summed E-state index contributed by atoms with van der Waals surface area (Å²) >= 11 is 0. The SMILES string of the molecule is [2H]N(C)[C@@](C)(O)[C@@H](O)[C@H](O)[C@H](O)CO. The molecule has 0 saturated carbocycles. The number of rotatable bonds is 5. The van der Waals surface area contributed by atoms with Crippen molar-refractivity contribution in [3.05, 3.63) is 0 Å². The maximum absolute atomic E-state index is 9.51. The van der Waals surface area contributed by atoms with Crippen molar-refractivity contribution >= 4 is 0 Å². The van der Waals surface area contributed by atoms with E-state index in [2.05, 4.69) is 0 Å². The number of hydrogen-bond acceptors (Lipinski definition) is 6. The minimum Gasteiger partial charge on any atom is -0.394 e. The smallest absolute Gasteiger partial charge is 0.141 e. The third kappa shape index (κ3) is 3.18. The highest BCUT2D eigenvalue weighted by atomic mass is 16.4. The fourth-order valence-electron chi connectivity index (χ4n) is 0.774. The van der Waals surface area contributed by atoms with Crippen LogP contribution >= 0.6 is 0 Å². The van der Waals surface area contributed by atoms with Gasteiger partial charge in [-0.3, -0.25) is 5.31 Å². The fraction of sp³-hybridized carbons (Fsp3) is 1.00. The quantitative estimate of drug-likeness (QED) is 0.261. The Balaban J connectivity index is 4.52. The van der Waals surface area contributed by atoms with Gasteiger partial charge in [-0.1, -0.05) is 0 Å². The van der Waals surface area contributed by atoms with Gasteiger partial charge in [0.25, 0.3) is 0 Å². The van der Waals surface area contributed by atoms with Crippen molar-refractivity contribution in [1.29, 1.82) is 0 Å². The molecule has 6 N–H and O–H groups in total. The number of aliphatic hydroxyl groups is 5. The third-order valence-corrected chi connectivity index (χ3v) is 1.92. The number of likely N-dealkylation sites (N-methyl/N-ethyl adjacent to an activating group) is 1. The lowest BCUT2D eigenvalue weighted by atomic mass is 9.99. The van der Waals surface area contributed by atoms with Crippen molar-refractivity contribution in [2.45, 2.75) is 31.0 Å². The molecule has 0 aliphatic heterocycles. The highest BCUT2D eigenvalue weighted by molar-refractivity contribution is 4.86. The predicted octanol–water partition coefficient (Wildman–Crippen LogP) is -3.01. The van der Waals surface area contributed by atoms with Crippen molar-refractivity contribution in [2.75, 3.05) is 13.7 Å². The Morgan fingerprint density at radius 2 is 1.92 bits per heavy atom. The van der Waals surface area contributed by atoms with E-state index in [1.54, 1.807) is 0 Å². The fourth-order valence-corrected chi connectivity index (χ4v) is 0.774. The second kappa shape index (κ2) is 4.85. The van der Waals surface area contributed by atoms with Crippen LogP contribution in [0.1, 0.15) is 6.92 Å². The zero-order chi connectivity index (χ0) is 11.5. The average molecular weight is 196 g/mol. The lowest BCUT2D eigenvalue weighted by molar-refractivity contribution is -0.161. The minimum atomic E-state index is -2.00. The second-order valence-electron chi connectivity index (χ2n) is 3.00. The van der Waals surface area contributed by atoms with E-state index < -0.39 is 30.6 Å². The number of hydrogen-bond donors (Lipinski definition) is 6. The van der Waals surface area contributed by atoms with Crippen molar-refractivity contribution in [2.24, 2.45) is 0 Å². The molecule has 0 aromatic carbocycles. The Labute approximate surface area is 77.9 Å². The molecule has 0 unspecified atom stereocenters. The Morgan fingerprint density at radius 3 is 2.23 bits per heavy atom. The van der Waals surface area contributed by atoms with Crippen LogP contribution in [0.5, 0.6) is 0 Å². The molecule has 0 saturated heterocycles. The molecule has 80 valence electrons. The van der Waals surface area contributed by atoms with Gasteiger partial charge in [-0.05, 0) is 14.0 Å². The molecular formula is C7H17NO5. The zero-order valence-corrected chi connectivity index (χ0v) is 7.62. The van der Waals surface area contributed by atoms with Gasteiger partial charge in [-0.25, -0.2) is 0 Å². The van der Waals surface area contributed by atoms with Crippen LogP contribution in [0.4, 0.5) is 0 Å². The first-order valence-corrected chi connectivity index (χ1v) is 3.85. The molecule has 0 spiro atoms. The van der Waals surface area contributed by atoms with Gasteiger partial charge in [0.1, 0.15) is 25.4 Å². The predicted molar refractivity (Wildman–Crippen MR) is 44.8 cm³/mol. The largest absolute Gasteiger partial charge is 0.394 e. The molecule has 0 aliphatic rings. The molecule has 0 bridgehead atoms. The van der Waals surface area contributed by atoms with E-state index in [-0.39, 0.29) is 0 Å². The lowest BCUT2D eigenvalue weighted by Gasteiger charge is -2.33. The van der Waals surface area contributed by atoms with E-state index in [0.717, 1.165) is 6.92 Å². The molecule has 0 aromatic rings. The van der Waals surface area contributed by atoms with E-state index in [0.29, 0.717) is 5.31 Å². The summed E-state index contributed by atoms with van der Waals surface area (Å²) in [5.74, 6) is 0. The normalized spacial score (nSPS) is 24.8. The topological polar surface area (TPSA) is 113 Å². The molecule has 0 heterocycles. The summed E-state index contributed by atoms with van der Waals surface area (Å²) in [5, 5.41) is 46.2. The second-order valence-corrected chi connectivity index (χ2v) is 3.00. The van der Waals surface area contributed by atoms with E-state index >= 15 is 0 Å². The van der Waals surface area contributed by atoms with E-state index in [1.165, 1.54) is 7.05 Å². The average Bonchev–Trinajstić information content (AvgIpc) is 2.13. The van der Waals surface area contributed by atoms with E-state index in [1.807, 2.05) is 0 Å². The molecule has 0 radical (unpaired) electrons. The van der Waals surface area contributed by atoms with Crippen LogP contribution < -0.4 is 5.31 Å². The van der Waals surface area contributed by atoms with Crippen molar-refractivity contribution in [3.8, 4) is 0 Å². The van der Waals surface area contributed by atoms with Gasteiger partial charge < -0.3 is 25.5 Å². The Kier molecular flexibility index (Phi) is 4.04. The standard InChI is InChI=1S/C7H17NO5/c1-7(13,8-2)6(12)5(11)4(10)3-9/h4-6,8-13H,3H2,1-2H3/t4-,5-,6+,7+/m1/s1/i/hD. The van der Waals surface area contributed by atoms with Crippen molar-refractivity contribution < 1.29 is 26.9 Å². The molecular weight excluding hydrogens is 178 g/mol. The zero-order valence-electron chi connectivity index (χ0n) is 8.62. The third-order valence-electron chi connectivity index (χ3n) is 1.92.